The minimum Gasteiger partial charge on any atom is -0.478 e. The molecule has 1 aromatic rings. The molecule has 2 aliphatic heterocycles. The second kappa shape index (κ2) is 4.52. The van der Waals surface area contributed by atoms with Crippen molar-refractivity contribution in [2.45, 2.75) is 12.1 Å². The number of carboxylic acid groups (broad SMARTS) is 1. The number of hydrogen-bond donors (Lipinski definition) is 2. The van der Waals surface area contributed by atoms with E-state index >= 15 is 0 Å². The lowest BCUT2D eigenvalue weighted by molar-refractivity contribution is -0.130. The standard InChI is InChI=1S/C13H14FN3O3/c14-13-3-4-15-6-9(13)7-17(12(13)20)10-2-1-8(5-16-10)11(18)19/h1-2,5,9,15H,3-4,6-7H2,(H,18,19)/t9-,13+/m0/s1. The molecule has 106 valence electrons. The Morgan fingerprint density at radius 2 is 2.35 bits per heavy atom. The van der Waals surface area contributed by atoms with Crippen LogP contribution in [-0.2, 0) is 4.79 Å². The molecule has 6 nitrogen and oxygen atoms in total. The Morgan fingerprint density at radius 1 is 1.55 bits per heavy atom. The molecule has 3 rings (SSSR count). The van der Waals surface area contributed by atoms with Crippen LogP contribution in [0.25, 0.3) is 0 Å². The molecule has 0 radical (unpaired) electrons. The Labute approximate surface area is 114 Å². The topological polar surface area (TPSA) is 82.5 Å². The van der Waals surface area contributed by atoms with Gasteiger partial charge < -0.3 is 10.4 Å². The van der Waals surface area contributed by atoms with Gasteiger partial charge in [0.25, 0.3) is 5.91 Å². The SMILES string of the molecule is O=C(O)c1ccc(N2C[C@@H]3CNCC[C@]3(F)C2=O)nc1. The maximum absolute atomic E-state index is 14.7. The summed E-state index contributed by atoms with van der Waals surface area (Å²) in [5, 5.41) is 11.9. The molecule has 0 bridgehead atoms. The zero-order valence-corrected chi connectivity index (χ0v) is 10.7. The largest absolute Gasteiger partial charge is 0.478 e. The highest BCUT2D eigenvalue weighted by Gasteiger charge is 2.56. The number of piperidine rings is 1. The van der Waals surface area contributed by atoms with Crippen LogP contribution < -0.4 is 10.2 Å². The molecule has 3 heterocycles. The second-order valence-electron chi connectivity index (χ2n) is 5.14. The molecule has 1 amide bonds. The summed E-state index contributed by atoms with van der Waals surface area (Å²) in [5.41, 5.74) is -1.78. The van der Waals surface area contributed by atoms with Gasteiger partial charge in [0.2, 0.25) is 0 Å². The van der Waals surface area contributed by atoms with Gasteiger partial charge in [-0.15, -0.1) is 0 Å². The number of hydrogen-bond acceptors (Lipinski definition) is 4. The predicted octanol–water partition coefficient (Wildman–Crippen LogP) is 0.444. The van der Waals surface area contributed by atoms with Gasteiger partial charge in [0.15, 0.2) is 5.67 Å². The van der Waals surface area contributed by atoms with Crippen LogP contribution >= 0.6 is 0 Å². The van der Waals surface area contributed by atoms with Crippen molar-refractivity contribution in [1.29, 1.82) is 0 Å². The van der Waals surface area contributed by atoms with Gasteiger partial charge in [-0.2, -0.15) is 0 Å². The normalized spacial score (nSPS) is 29.4. The van der Waals surface area contributed by atoms with E-state index in [1.54, 1.807) is 0 Å². The Balaban J connectivity index is 1.88. The molecule has 2 saturated heterocycles. The van der Waals surface area contributed by atoms with Crippen LogP contribution in [0.5, 0.6) is 0 Å². The summed E-state index contributed by atoms with van der Waals surface area (Å²) < 4.78 is 14.7. The second-order valence-corrected chi connectivity index (χ2v) is 5.14. The number of aromatic carboxylic acids is 1. The average molecular weight is 279 g/mol. The fourth-order valence-electron chi connectivity index (χ4n) is 2.80. The Kier molecular flexibility index (Phi) is 2.93. The van der Waals surface area contributed by atoms with E-state index in [0.29, 0.717) is 18.9 Å². The van der Waals surface area contributed by atoms with Gasteiger partial charge in [0.1, 0.15) is 5.82 Å². The number of nitrogens with zero attached hydrogens (tertiary/aromatic N) is 2. The molecule has 0 unspecified atom stereocenters. The molecule has 2 atom stereocenters. The van der Waals surface area contributed by atoms with Crippen LogP contribution in [0.3, 0.4) is 0 Å². The van der Waals surface area contributed by atoms with Gasteiger partial charge in [-0.25, -0.2) is 14.2 Å². The number of carbonyl (C=O) groups is 2. The van der Waals surface area contributed by atoms with Crippen molar-refractivity contribution in [3.8, 4) is 0 Å². The van der Waals surface area contributed by atoms with Crippen molar-refractivity contribution in [2.24, 2.45) is 5.92 Å². The van der Waals surface area contributed by atoms with Crippen LogP contribution in [0.1, 0.15) is 16.8 Å². The summed E-state index contributed by atoms with van der Waals surface area (Å²) in [5.74, 6) is -1.74. The molecule has 2 aliphatic rings. The lowest BCUT2D eigenvalue weighted by Crippen LogP contribution is -2.49. The summed E-state index contributed by atoms with van der Waals surface area (Å²) in [7, 11) is 0. The molecule has 1 aromatic heterocycles. The summed E-state index contributed by atoms with van der Waals surface area (Å²) in [6.45, 7) is 1.21. The fourth-order valence-corrected chi connectivity index (χ4v) is 2.80. The summed E-state index contributed by atoms with van der Waals surface area (Å²) in [6, 6.07) is 2.80. The number of amides is 1. The van der Waals surface area contributed by atoms with Gasteiger partial charge in [-0.1, -0.05) is 0 Å². The van der Waals surface area contributed by atoms with Gasteiger partial charge in [-0.3, -0.25) is 9.69 Å². The predicted molar refractivity (Wildman–Crippen MR) is 68.4 cm³/mol. The van der Waals surface area contributed by atoms with Crippen LogP contribution in [0.15, 0.2) is 18.3 Å². The molecule has 7 heteroatoms. The molecule has 0 saturated carbocycles. The highest BCUT2D eigenvalue weighted by atomic mass is 19.1. The minimum absolute atomic E-state index is 0.0365. The number of halogens is 1. The monoisotopic (exact) mass is 279 g/mol. The number of nitrogens with one attached hydrogen (secondary N) is 1. The van der Waals surface area contributed by atoms with Gasteiger partial charge in [0, 0.05) is 31.6 Å². The van der Waals surface area contributed by atoms with E-state index in [2.05, 4.69) is 10.3 Å². The van der Waals surface area contributed by atoms with E-state index < -0.39 is 17.5 Å². The lowest BCUT2D eigenvalue weighted by atomic mass is 9.86. The molecular weight excluding hydrogens is 265 g/mol. The third-order valence-electron chi connectivity index (χ3n) is 3.98. The van der Waals surface area contributed by atoms with Crippen molar-refractivity contribution in [3.63, 3.8) is 0 Å². The Bertz CT molecular complexity index is 562. The number of anilines is 1. The first-order valence-electron chi connectivity index (χ1n) is 6.43. The fraction of sp³-hybridized carbons (Fsp3) is 0.462. The summed E-state index contributed by atoms with van der Waals surface area (Å²) in [4.78, 5) is 28.3. The first-order valence-corrected chi connectivity index (χ1v) is 6.43. The van der Waals surface area contributed by atoms with Crippen LogP contribution in [-0.4, -0.2) is 47.3 Å². The highest BCUT2D eigenvalue weighted by molar-refractivity contribution is 6.02. The molecule has 0 aliphatic carbocycles. The van der Waals surface area contributed by atoms with Gasteiger partial charge >= 0.3 is 5.97 Å². The quantitative estimate of drug-likeness (QED) is 0.821. The van der Waals surface area contributed by atoms with Crippen molar-refractivity contribution >= 4 is 17.7 Å². The number of rotatable bonds is 2. The number of carboxylic acids is 1. The first kappa shape index (κ1) is 13.0. The van der Waals surface area contributed by atoms with Crippen molar-refractivity contribution in [3.05, 3.63) is 23.9 Å². The Hall–Kier alpha value is -2.02. The van der Waals surface area contributed by atoms with E-state index in [-0.39, 0.29) is 24.4 Å². The number of fused-ring (bicyclic) bond motifs is 1. The summed E-state index contributed by atoms with van der Waals surface area (Å²) in [6.07, 6.45) is 1.34. The van der Waals surface area contributed by atoms with Crippen LogP contribution in [0.4, 0.5) is 10.2 Å². The van der Waals surface area contributed by atoms with E-state index in [1.807, 2.05) is 0 Å². The third-order valence-corrected chi connectivity index (χ3v) is 3.98. The van der Waals surface area contributed by atoms with E-state index in [0.717, 1.165) is 0 Å². The van der Waals surface area contributed by atoms with Crippen LogP contribution in [0.2, 0.25) is 0 Å². The third kappa shape index (κ3) is 1.85. The zero-order valence-electron chi connectivity index (χ0n) is 10.7. The lowest BCUT2D eigenvalue weighted by Gasteiger charge is -2.29. The highest BCUT2D eigenvalue weighted by Crippen LogP contribution is 2.39. The average Bonchev–Trinajstić information content (AvgIpc) is 2.72. The number of carbonyl (C=O) groups excluding carboxylic acids is 1. The number of aromatic nitrogens is 1. The molecule has 0 aromatic carbocycles. The van der Waals surface area contributed by atoms with E-state index in [4.69, 9.17) is 5.11 Å². The maximum Gasteiger partial charge on any atom is 0.337 e. The Morgan fingerprint density at radius 3 is 2.95 bits per heavy atom. The van der Waals surface area contributed by atoms with Gasteiger partial charge in [0.05, 0.1) is 5.56 Å². The smallest absolute Gasteiger partial charge is 0.337 e. The zero-order chi connectivity index (χ0) is 14.3. The molecular formula is C13H14FN3O3. The van der Waals surface area contributed by atoms with Crippen LogP contribution in [0, 0.1) is 5.92 Å². The first-order chi connectivity index (χ1) is 9.52. The number of pyridine rings is 1. The molecule has 2 N–H and O–H groups in total. The molecule has 2 fully saturated rings. The van der Waals surface area contributed by atoms with Crippen molar-refractivity contribution < 1.29 is 19.1 Å². The van der Waals surface area contributed by atoms with E-state index in [9.17, 15) is 14.0 Å². The van der Waals surface area contributed by atoms with Crippen molar-refractivity contribution in [1.82, 2.24) is 10.3 Å². The van der Waals surface area contributed by atoms with E-state index in [1.165, 1.54) is 23.2 Å². The maximum atomic E-state index is 14.7. The van der Waals surface area contributed by atoms with Crippen molar-refractivity contribution in [2.75, 3.05) is 24.5 Å². The molecule has 0 spiro atoms. The number of alkyl halides is 1. The minimum atomic E-state index is -1.82. The molecule has 20 heavy (non-hydrogen) atoms. The summed E-state index contributed by atoms with van der Waals surface area (Å²) >= 11 is 0. The van der Waals surface area contributed by atoms with Gasteiger partial charge in [-0.05, 0) is 18.7 Å².